The minimum Gasteiger partial charge on any atom is -0.497 e. The van der Waals surface area contributed by atoms with Crippen molar-refractivity contribution in [3.63, 3.8) is 0 Å². The number of sulfonamides is 1. The second-order valence-corrected chi connectivity index (χ2v) is 8.40. The number of rotatable bonds is 3. The van der Waals surface area contributed by atoms with Crippen molar-refractivity contribution in [3.8, 4) is 5.75 Å². The van der Waals surface area contributed by atoms with Crippen LogP contribution in [0.5, 0.6) is 5.75 Å². The van der Waals surface area contributed by atoms with E-state index in [1.165, 1.54) is 4.31 Å². The van der Waals surface area contributed by atoms with E-state index in [1.54, 1.807) is 37.4 Å². The van der Waals surface area contributed by atoms with Crippen molar-refractivity contribution in [2.24, 2.45) is 0 Å². The smallest absolute Gasteiger partial charge is 0.264 e. The van der Waals surface area contributed by atoms with E-state index in [9.17, 15) is 13.2 Å². The monoisotopic (exact) mass is 372 g/mol. The highest BCUT2D eigenvalue weighted by molar-refractivity contribution is 7.92. The summed E-state index contributed by atoms with van der Waals surface area (Å²) in [4.78, 5) is 11.9. The summed E-state index contributed by atoms with van der Waals surface area (Å²) in [6.45, 7) is 0.415. The second kappa shape index (κ2) is 6.32. The number of hydrogen-bond acceptors (Lipinski definition) is 4. The zero-order chi connectivity index (χ0) is 18.3. The number of aryl methyl sites for hydroxylation is 1. The zero-order valence-electron chi connectivity index (χ0n) is 14.5. The van der Waals surface area contributed by atoms with Crippen LogP contribution >= 0.6 is 0 Å². The number of methoxy groups -OCH3 is 1. The number of hydrogen-bond donors (Lipinski definition) is 1. The number of carbonyl (C=O) groups is 1. The number of ether oxygens (including phenoxy) is 1. The lowest BCUT2D eigenvalue weighted by Gasteiger charge is -2.20. The minimum atomic E-state index is -3.65. The Labute approximate surface area is 152 Å². The Morgan fingerprint density at radius 2 is 1.88 bits per heavy atom. The van der Waals surface area contributed by atoms with Gasteiger partial charge in [-0.15, -0.1) is 0 Å². The molecule has 2 aromatic carbocycles. The lowest BCUT2D eigenvalue weighted by Crippen LogP contribution is -2.29. The van der Waals surface area contributed by atoms with E-state index in [0.717, 1.165) is 16.9 Å². The first kappa shape index (κ1) is 16.9. The third kappa shape index (κ3) is 2.82. The SMILES string of the molecule is COc1ccc2c(c1)CCN2S(=O)(=O)c1ccc2c(c1)CCCC(=O)N2. The molecule has 1 N–H and O–H groups in total. The molecule has 2 aliphatic rings. The van der Waals surface area contributed by atoms with E-state index >= 15 is 0 Å². The fourth-order valence-corrected chi connectivity index (χ4v) is 5.12. The van der Waals surface area contributed by atoms with Gasteiger partial charge in [-0.05, 0) is 66.8 Å². The first-order valence-corrected chi connectivity index (χ1v) is 10.1. The maximum Gasteiger partial charge on any atom is 0.264 e. The highest BCUT2D eigenvalue weighted by Crippen LogP contribution is 2.36. The van der Waals surface area contributed by atoms with Gasteiger partial charge in [0.15, 0.2) is 0 Å². The average molecular weight is 372 g/mol. The topological polar surface area (TPSA) is 75.7 Å². The lowest BCUT2D eigenvalue weighted by molar-refractivity contribution is -0.116. The van der Waals surface area contributed by atoms with E-state index in [4.69, 9.17) is 4.74 Å². The molecule has 0 fully saturated rings. The largest absolute Gasteiger partial charge is 0.497 e. The lowest BCUT2D eigenvalue weighted by atomic mass is 10.1. The van der Waals surface area contributed by atoms with Gasteiger partial charge in [0, 0.05) is 18.7 Å². The molecule has 0 aliphatic carbocycles. The van der Waals surface area contributed by atoms with Gasteiger partial charge >= 0.3 is 0 Å². The highest BCUT2D eigenvalue weighted by atomic mass is 32.2. The summed E-state index contributed by atoms with van der Waals surface area (Å²) in [5.74, 6) is 0.700. The molecule has 26 heavy (non-hydrogen) atoms. The summed E-state index contributed by atoms with van der Waals surface area (Å²) in [7, 11) is -2.05. The van der Waals surface area contributed by atoms with Gasteiger partial charge in [0.2, 0.25) is 5.91 Å². The molecule has 0 saturated heterocycles. The summed E-state index contributed by atoms with van der Waals surface area (Å²) in [5.41, 5.74) is 3.24. The van der Waals surface area contributed by atoms with E-state index in [2.05, 4.69) is 5.32 Å². The average Bonchev–Trinajstić information content (AvgIpc) is 2.97. The second-order valence-electron chi connectivity index (χ2n) is 6.54. The van der Waals surface area contributed by atoms with Crippen LogP contribution in [0.4, 0.5) is 11.4 Å². The fourth-order valence-electron chi connectivity index (χ4n) is 3.56. The number of anilines is 2. The first-order chi connectivity index (χ1) is 12.5. The summed E-state index contributed by atoms with van der Waals surface area (Å²) in [6, 6.07) is 10.4. The normalized spacial score (nSPS) is 16.5. The number of amides is 1. The van der Waals surface area contributed by atoms with Gasteiger partial charge in [0.1, 0.15) is 5.75 Å². The van der Waals surface area contributed by atoms with Crippen LogP contribution in [0.3, 0.4) is 0 Å². The quantitative estimate of drug-likeness (QED) is 0.899. The maximum atomic E-state index is 13.2. The van der Waals surface area contributed by atoms with Crippen LogP contribution in [-0.2, 0) is 27.7 Å². The summed E-state index contributed by atoms with van der Waals surface area (Å²) < 4.78 is 33.1. The van der Waals surface area contributed by atoms with Crippen LogP contribution in [0.15, 0.2) is 41.3 Å². The van der Waals surface area contributed by atoms with Crippen LogP contribution < -0.4 is 14.4 Å². The van der Waals surface area contributed by atoms with Gasteiger partial charge < -0.3 is 10.1 Å². The molecule has 0 atom stereocenters. The van der Waals surface area contributed by atoms with Gasteiger partial charge in [0.25, 0.3) is 10.0 Å². The number of benzene rings is 2. The van der Waals surface area contributed by atoms with E-state index in [-0.39, 0.29) is 10.8 Å². The molecule has 0 aromatic heterocycles. The molecule has 0 radical (unpaired) electrons. The molecular formula is C19H20N2O4S. The molecular weight excluding hydrogens is 352 g/mol. The van der Waals surface area contributed by atoms with Crippen molar-refractivity contribution in [3.05, 3.63) is 47.5 Å². The Kier molecular flexibility index (Phi) is 4.11. The van der Waals surface area contributed by atoms with Crippen LogP contribution in [0.1, 0.15) is 24.0 Å². The maximum absolute atomic E-state index is 13.2. The zero-order valence-corrected chi connectivity index (χ0v) is 15.3. The third-order valence-electron chi connectivity index (χ3n) is 4.93. The molecule has 0 unspecified atom stereocenters. The molecule has 2 aliphatic heterocycles. The van der Waals surface area contributed by atoms with Gasteiger partial charge in [-0.1, -0.05) is 0 Å². The standard InChI is InChI=1S/C19H20N2O4S/c1-25-15-5-8-18-14(11-15)9-10-21(18)26(23,24)16-6-7-17-13(12-16)3-2-4-19(22)20-17/h5-8,11-12H,2-4,9-10H2,1H3,(H,20,22). The van der Waals surface area contributed by atoms with Crippen molar-refractivity contribution < 1.29 is 17.9 Å². The van der Waals surface area contributed by atoms with E-state index in [0.29, 0.717) is 43.6 Å². The van der Waals surface area contributed by atoms with Gasteiger partial charge in [-0.2, -0.15) is 0 Å². The molecule has 0 spiro atoms. The predicted octanol–water partition coefficient (Wildman–Crippen LogP) is 2.72. The Morgan fingerprint density at radius 1 is 1.04 bits per heavy atom. The van der Waals surface area contributed by atoms with Gasteiger partial charge in [-0.25, -0.2) is 8.42 Å². The molecule has 4 rings (SSSR count). The number of carbonyl (C=O) groups excluding carboxylic acids is 1. The summed E-state index contributed by atoms with van der Waals surface area (Å²) in [5, 5.41) is 2.84. The minimum absolute atomic E-state index is 0.0261. The van der Waals surface area contributed by atoms with E-state index < -0.39 is 10.0 Å². The molecule has 1 amide bonds. The molecule has 7 heteroatoms. The first-order valence-electron chi connectivity index (χ1n) is 8.61. The Bertz CT molecular complexity index is 985. The molecule has 2 aromatic rings. The van der Waals surface area contributed by atoms with E-state index in [1.807, 2.05) is 6.07 Å². The van der Waals surface area contributed by atoms with Gasteiger partial charge in [0.05, 0.1) is 17.7 Å². The van der Waals surface area contributed by atoms with Gasteiger partial charge in [-0.3, -0.25) is 9.10 Å². The summed E-state index contributed by atoms with van der Waals surface area (Å²) >= 11 is 0. The van der Waals surface area contributed by atoms with Crippen molar-refractivity contribution in [2.75, 3.05) is 23.3 Å². The van der Waals surface area contributed by atoms with Crippen LogP contribution in [0, 0.1) is 0 Å². The summed E-state index contributed by atoms with van der Waals surface area (Å²) in [6.07, 6.45) is 2.52. The Balaban J connectivity index is 1.71. The molecule has 6 nitrogen and oxygen atoms in total. The van der Waals surface area contributed by atoms with Crippen LogP contribution in [0.2, 0.25) is 0 Å². The number of nitrogens with one attached hydrogen (secondary N) is 1. The molecule has 0 bridgehead atoms. The molecule has 0 saturated carbocycles. The van der Waals surface area contributed by atoms with Crippen molar-refractivity contribution >= 4 is 27.3 Å². The Morgan fingerprint density at radius 3 is 2.69 bits per heavy atom. The predicted molar refractivity (Wildman–Crippen MR) is 99.2 cm³/mol. The van der Waals surface area contributed by atoms with Crippen molar-refractivity contribution in [2.45, 2.75) is 30.6 Å². The van der Waals surface area contributed by atoms with Crippen molar-refractivity contribution in [1.82, 2.24) is 0 Å². The van der Waals surface area contributed by atoms with Crippen LogP contribution in [0.25, 0.3) is 0 Å². The van der Waals surface area contributed by atoms with Crippen LogP contribution in [-0.4, -0.2) is 28.0 Å². The molecule has 136 valence electrons. The Hall–Kier alpha value is -2.54. The third-order valence-corrected chi connectivity index (χ3v) is 6.74. The number of fused-ring (bicyclic) bond motifs is 2. The molecule has 2 heterocycles. The number of nitrogens with zero attached hydrogens (tertiary/aromatic N) is 1. The fraction of sp³-hybridized carbons (Fsp3) is 0.316. The highest BCUT2D eigenvalue weighted by Gasteiger charge is 2.31. The van der Waals surface area contributed by atoms with Crippen molar-refractivity contribution in [1.29, 1.82) is 0 Å².